The van der Waals surface area contributed by atoms with Gasteiger partial charge in [-0.15, -0.1) is 0 Å². The molecule has 1 aromatic heterocycles. The Morgan fingerprint density at radius 3 is 2.61 bits per heavy atom. The first kappa shape index (κ1) is 11.1. The maximum absolute atomic E-state index is 12.1. The van der Waals surface area contributed by atoms with Crippen molar-refractivity contribution >= 4 is 5.69 Å². The molecule has 1 aliphatic rings. The van der Waals surface area contributed by atoms with Gasteiger partial charge in [0, 0.05) is 7.05 Å². The van der Waals surface area contributed by atoms with Crippen LogP contribution in [-0.2, 0) is 7.05 Å². The maximum atomic E-state index is 12.1. The summed E-state index contributed by atoms with van der Waals surface area (Å²) in [5.41, 5.74) is 9.00. The number of aromatic nitrogens is 2. The van der Waals surface area contributed by atoms with E-state index in [1.54, 1.807) is 4.68 Å². The van der Waals surface area contributed by atoms with Gasteiger partial charge in [0.1, 0.15) is 5.69 Å². The van der Waals surface area contributed by atoms with E-state index in [1.807, 2.05) is 30.8 Å². The molecule has 0 radical (unpaired) electrons. The number of nitrogens with two attached hydrogens (primary N) is 1. The lowest BCUT2D eigenvalue weighted by molar-refractivity contribution is 0.629. The van der Waals surface area contributed by atoms with Crippen LogP contribution in [0.5, 0.6) is 0 Å². The van der Waals surface area contributed by atoms with Crippen molar-refractivity contribution in [2.24, 2.45) is 7.05 Å². The van der Waals surface area contributed by atoms with Gasteiger partial charge in [-0.25, -0.2) is 4.68 Å². The van der Waals surface area contributed by atoms with Crippen molar-refractivity contribution in [3.63, 3.8) is 0 Å². The Labute approximate surface area is 106 Å². The molecule has 0 saturated heterocycles. The number of nitrogens with zero attached hydrogens (tertiary/aromatic N) is 2. The Morgan fingerprint density at radius 1 is 1.33 bits per heavy atom. The standard InChI is InChI=1S/C14H17N3O/c1-9-13(15)14(18)17(16(9)2)12-5-3-4-11(8-12)10-6-7-10/h3-5,8,10H,6-7,15H2,1-2H3. The van der Waals surface area contributed by atoms with Gasteiger partial charge in [0.2, 0.25) is 0 Å². The third kappa shape index (κ3) is 1.56. The molecule has 1 aliphatic carbocycles. The minimum atomic E-state index is -0.136. The summed E-state index contributed by atoms with van der Waals surface area (Å²) in [6, 6.07) is 8.18. The van der Waals surface area contributed by atoms with Crippen LogP contribution in [0.4, 0.5) is 5.69 Å². The largest absolute Gasteiger partial charge is 0.393 e. The van der Waals surface area contributed by atoms with Crippen LogP contribution in [0.25, 0.3) is 5.69 Å². The summed E-state index contributed by atoms with van der Waals surface area (Å²) in [4.78, 5) is 12.1. The highest BCUT2D eigenvalue weighted by molar-refractivity contribution is 5.46. The molecule has 0 unspecified atom stereocenters. The highest BCUT2D eigenvalue weighted by Crippen LogP contribution is 2.40. The molecule has 4 heteroatoms. The Bertz CT molecular complexity index is 662. The van der Waals surface area contributed by atoms with E-state index in [4.69, 9.17) is 5.73 Å². The summed E-state index contributed by atoms with van der Waals surface area (Å²) < 4.78 is 3.44. The van der Waals surface area contributed by atoms with Crippen molar-refractivity contribution in [2.45, 2.75) is 25.7 Å². The van der Waals surface area contributed by atoms with Crippen molar-refractivity contribution < 1.29 is 0 Å². The van der Waals surface area contributed by atoms with E-state index in [1.165, 1.54) is 18.4 Å². The topological polar surface area (TPSA) is 53.0 Å². The van der Waals surface area contributed by atoms with Crippen molar-refractivity contribution in [2.75, 3.05) is 5.73 Å². The lowest BCUT2D eigenvalue weighted by Gasteiger charge is -2.09. The highest BCUT2D eigenvalue weighted by atomic mass is 16.1. The molecule has 0 aliphatic heterocycles. The first-order valence-corrected chi connectivity index (χ1v) is 6.24. The fraction of sp³-hybridized carbons (Fsp3) is 0.357. The van der Waals surface area contributed by atoms with Gasteiger partial charge in [-0.1, -0.05) is 12.1 Å². The van der Waals surface area contributed by atoms with E-state index in [9.17, 15) is 4.79 Å². The minimum absolute atomic E-state index is 0.136. The second kappa shape index (κ2) is 3.77. The zero-order valence-corrected chi connectivity index (χ0v) is 10.7. The van der Waals surface area contributed by atoms with Gasteiger partial charge >= 0.3 is 0 Å². The van der Waals surface area contributed by atoms with Gasteiger partial charge in [0.15, 0.2) is 0 Å². The molecular weight excluding hydrogens is 226 g/mol. The highest BCUT2D eigenvalue weighted by Gasteiger charge is 2.24. The summed E-state index contributed by atoms with van der Waals surface area (Å²) in [6.07, 6.45) is 2.51. The molecule has 0 atom stereocenters. The molecule has 0 amide bonds. The molecule has 0 bridgehead atoms. The number of hydrogen-bond acceptors (Lipinski definition) is 2. The van der Waals surface area contributed by atoms with Crippen molar-refractivity contribution in [3.8, 4) is 5.69 Å². The molecule has 2 N–H and O–H groups in total. The van der Waals surface area contributed by atoms with E-state index in [-0.39, 0.29) is 5.56 Å². The van der Waals surface area contributed by atoms with E-state index in [0.717, 1.165) is 11.4 Å². The second-order valence-corrected chi connectivity index (χ2v) is 5.01. The lowest BCUT2D eigenvalue weighted by Crippen LogP contribution is -2.20. The van der Waals surface area contributed by atoms with Gasteiger partial charge in [-0.2, -0.15) is 0 Å². The monoisotopic (exact) mass is 243 g/mol. The fourth-order valence-corrected chi connectivity index (χ4v) is 2.35. The smallest absolute Gasteiger partial charge is 0.294 e. The summed E-state index contributed by atoms with van der Waals surface area (Å²) >= 11 is 0. The van der Waals surface area contributed by atoms with E-state index >= 15 is 0 Å². The molecule has 1 heterocycles. The maximum Gasteiger partial charge on any atom is 0.294 e. The van der Waals surface area contributed by atoms with Crippen molar-refractivity contribution in [1.29, 1.82) is 0 Å². The Kier molecular flexibility index (Phi) is 2.33. The zero-order valence-electron chi connectivity index (χ0n) is 10.7. The summed E-state index contributed by atoms with van der Waals surface area (Å²) in [5, 5.41) is 0. The van der Waals surface area contributed by atoms with Gasteiger partial charge in [-0.3, -0.25) is 9.48 Å². The number of rotatable bonds is 2. The van der Waals surface area contributed by atoms with Gasteiger partial charge in [0.25, 0.3) is 5.56 Å². The van der Waals surface area contributed by atoms with Gasteiger partial charge in [0.05, 0.1) is 11.4 Å². The van der Waals surface area contributed by atoms with Crippen LogP contribution < -0.4 is 11.3 Å². The van der Waals surface area contributed by atoms with Crippen LogP contribution in [0.15, 0.2) is 29.1 Å². The van der Waals surface area contributed by atoms with Crippen molar-refractivity contribution in [1.82, 2.24) is 9.36 Å². The normalized spacial score (nSPS) is 15.0. The van der Waals surface area contributed by atoms with Crippen LogP contribution in [0.3, 0.4) is 0 Å². The molecule has 4 nitrogen and oxygen atoms in total. The van der Waals surface area contributed by atoms with E-state index < -0.39 is 0 Å². The predicted octanol–water partition coefficient (Wildman–Crippen LogP) is 1.94. The third-order valence-corrected chi connectivity index (χ3v) is 3.76. The van der Waals surface area contributed by atoms with Crippen LogP contribution in [-0.4, -0.2) is 9.36 Å². The summed E-state index contributed by atoms with van der Waals surface area (Å²) in [5.74, 6) is 0.680. The zero-order chi connectivity index (χ0) is 12.9. The van der Waals surface area contributed by atoms with Gasteiger partial charge < -0.3 is 5.73 Å². The number of nitrogen functional groups attached to an aromatic ring is 1. The molecular formula is C14H17N3O. The van der Waals surface area contributed by atoms with E-state index in [2.05, 4.69) is 12.1 Å². The Morgan fingerprint density at radius 2 is 2.06 bits per heavy atom. The predicted molar refractivity (Wildman–Crippen MR) is 72.1 cm³/mol. The lowest BCUT2D eigenvalue weighted by atomic mass is 10.1. The average molecular weight is 243 g/mol. The Balaban J connectivity index is 2.18. The summed E-state index contributed by atoms with van der Waals surface area (Å²) in [7, 11) is 1.86. The van der Waals surface area contributed by atoms with Crippen molar-refractivity contribution in [3.05, 3.63) is 45.9 Å². The molecule has 1 fully saturated rings. The average Bonchev–Trinajstić information content (AvgIpc) is 3.18. The second-order valence-electron chi connectivity index (χ2n) is 5.01. The molecule has 2 aromatic rings. The summed E-state index contributed by atoms with van der Waals surface area (Å²) in [6.45, 7) is 1.86. The minimum Gasteiger partial charge on any atom is -0.393 e. The third-order valence-electron chi connectivity index (χ3n) is 3.76. The van der Waals surface area contributed by atoms with Crippen LogP contribution in [0.2, 0.25) is 0 Å². The number of anilines is 1. The van der Waals surface area contributed by atoms with Crippen LogP contribution in [0, 0.1) is 6.92 Å². The molecule has 94 valence electrons. The molecule has 18 heavy (non-hydrogen) atoms. The molecule has 1 saturated carbocycles. The van der Waals surface area contributed by atoms with Gasteiger partial charge in [-0.05, 0) is 43.4 Å². The molecule has 0 spiro atoms. The van der Waals surface area contributed by atoms with Crippen LogP contribution in [0.1, 0.15) is 30.0 Å². The fourth-order valence-electron chi connectivity index (χ4n) is 2.35. The quantitative estimate of drug-likeness (QED) is 0.876. The molecule has 3 rings (SSSR count). The first-order valence-electron chi connectivity index (χ1n) is 6.24. The number of benzene rings is 1. The Hall–Kier alpha value is -1.97. The first-order chi connectivity index (χ1) is 8.59. The van der Waals surface area contributed by atoms with Crippen LogP contribution >= 0.6 is 0 Å². The molecule has 1 aromatic carbocycles. The number of hydrogen-bond donors (Lipinski definition) is 1. The SMILES string of the molecule is Cc1c(N)c(=O)n(-c2cccc(C3CC3)c2)n1C. The van der Waals surface area contributed by atoms with E-state index in [0.29, 0.717) is 11.6 Å².